The third kappa shape index (κ3) is 5.17. The van der Waals surface area contributed by atoms with E-state index >= 15 is 0 Å². The molecule has 0 spiro atoms. The van der Waals surface area contributed by atoms with Crippen molar-refractivity contribution in [3.05, 3.63) is 57.3 Å². The van der Waals surface area contributed by atoms with Crippen LogP contribution in [0.3, 0.4) is 0 Å². The number of hydrogen-bond acceptors (Lipinski definition) is 6. The summed E-state index contributed by atoms with van der Waals surface area (Å²) in [4.78, 5) is 14.4. The predicted octanol–water partition coefficient (Wildman–Crippen LogP) is 3.13. The summed E-state index contributed by atoms with van der Waals surface area (Å²) in [5.41, 5.74) is 1.01. The van der Waals surface area contributed by atoms with E-state index in [0.29, 0.717) is 17.9 Å². The summed E-state index contributed by atoms with van der Waals surface area (Å²) in [7, 11) is 0. The molecule has 2 aromatic heterocycles. The fourth-order valence-corrected chi connectivity index (χ4v) is 3.62. The minimum atomic E-state index is -4.38. The smallest absolute Gasteiger partial charge is 0.365 e. The zero-order valence-electron chi connectivity index (χ0n) is 17.4. The Balaban J connectivity index is 1.51. The lowest BCUT2D eigenvalue weighted by Gasteiger charge is -2.40. The zero-order valence-corrected chi connectivity index (χ0v) is 18.1. The third-order valence-corrected chi connectivity index (χ3v) is 5.41. The summed E-state index contributed by atoms with van der Waals surface area (Å²) in [5, 5.41) is 12.5. The van der Waals surface area contributed by atoms with Gasteiger partial charge < -0.3 is 9.64 Å². The zero-order chi connectivity index (χ0) is 23.8. The van der Waals surface area contributed by atoms with Gasteiger partial charge in [-0.1, -0.05) is 16.8 Å². The van der Waals surface area contributed by atoms with Gasteiger partial charge in [0.05, 0.1) is 30.2 Å². The molecule has 0 amide bonds. The van der Waals surface area contributed by atoms with Gasteiger partial charge in [-0.25, -0.2) is 13.8 Å². The van der Waals surface area contributed by atoms with Gasteiger partial charge in [0.2, 0.25) is 0 Å². The van der Waals surface area contributed by atoms with E-state index < -0.39 is 30.3 Å². The van der Waals surface area contributed by atoms with E-state index in [4.69, 9.17) is 16.3 Å². The molecule has 1 aromatic carbocycles. The lowest BCUT2D eigenvalue weighted by Crippen LogP contribution is -2.53. The molecule has 1 fully saturated rings. The average molecular weight is 487 g/mol. The second kappa shape index (κ2) is 9.10. The SMILES string of the molecule is CCn1nnc(-c2ccc(Cl)cc2F)c1Cn1ncc(N2CC(OCC(F)(F)F)C2)cc1=O. The maximum absolute atomic E-state index is 14.5. The van der Waals surface area contributed by atoms with Gasteiger partial charge in [-0.3, -0.25) is 4.79 Å². The van der Waals surface area contributed by atoms with Gasteiger partial charge in [0.15, 0.2) is 0 Å². The van der Waals surface area contributed by atoms with E-state index in [2.05, 4.69) is 15.4 Å². The first-order valence-electron chi connectivity index (χ1n) is 10.0. The van der Waals surface area contributed by atoms with Crippen LogP contribution in [0.15, 0.2) is 35.3 Å². The molecule has 8 nitrogen and oxygen atoms in total. The van der Waals surface area contributed by atoms with Crippen LogP contribution in [0.25, 0.3) is 11.3 Å². The summed E-state index contributed by atoms with van der Waals surface area (Å²) in [6.07, 6.45) is -3.49. The number of halogens is 5. The van der Waals surface area contributed by atoms with E-state index in [1.807, 2.05) is 6.92 Å². The van der Waals surface area contributed by atoms with Crippen molar-refractivity contribution in [1.82, 2.24) is 24.8 Å². The molecule has 3 heterocycles. The minimum absolute atomic E-state index is 0.00529. The normalized spacial score (nSPS) is 14.5. The number of rotatable bonds is 7. The van der Waals surface area contributed by atoms with Gasteiger partial charge in [-0.2, -0.15) is 18.3 Å². The molecule has 13 heteroatoms. The second-order valence-electron chi connectivity index (χ2n) is 7.49. The van der Waals surface area contributed by atoms with Crippen LogP contribution in [-0.2, 0) is 17.8 Å². The fraction of sp³-hybridized carbons (Fsp3) is 0.400. The Hall–Kier alpha value is -2.99. The van der Waals surface area contributed by atoms with Gasteiger partial charge in [-0.05, 0) is 25.1 Å². The van der Waals surface area contributed by atoms with Crippen LogP contribution in [0.5, 0.6) is 0 Å². The fourth-order valence-electron chi connectivity index (χ4n) is 3.46. The topological polar surface area (TPSA) is 78.1 Å². The number of alkyl halides is 3. The maximum Gasteiger partial charge on any atom is 0.411 e. The van der Waals surface area contributed by atoms with E-state index in [-0.39, 0.29) is 35.9 Å². The summed E-state index contributed by atoms with van der Waals surface area (Å²) < 4.78 is 58.7. The molecule has 1 aliphatic heterocycles. The van der Waals surface area contributed by atoms with Gasteiger partial charge in [0.25, 0.3) is 5.56 Å². The number of benzene rings is 1. The first kappa shape index (κ1) is 23.2. The molecule has 1 aliphatic rings. The van der Waals surface area contributed by atoms with Gasteiger partial charge in [-0.15, -0.1) is 5.10 Å². The molecule has 176 valence electrons. The van der Waals surface area contributed by atoms with Crippen molar-refractivity contribution in [2.75, 3.05) is 24.6 Å². The van der Waals surface area contributed by atoms with Crippen molar-refractivity contribution in [2.24, 2.45) is 0 Å². The highest BCUT2D eigenvalue weighted by Crippen LogP contribution is 2.27. The largest absolute Gasteiger partial charge is 0.411 e. The Labute approximate surface area is 190 Å². The Bertz CT molecular complexity index is 1210. The van der Waals surface area contributed by atoms with Crippen LogP contribution >= 0.6 is 11.6 Å². The average Bonchev–Trinajstić information content (AvgIpc) is 3.10. The Morgan fingerprint density at radius 3 is 2.61 bits per heavy atom. The lowest BCUT2D eigenvalue weighted by atomic mass is 10.1. The highest BCUT2D eigenvalue weighted by molar-refractivity contribution is 6.30. The molecule has 0 aliphatic carbocycles. The molecule has 0 radical (unpaired) electrons. The van der Waals surface area contributed by atoms with Crippen LogP contribution in [0.1, 0.15) is 12.6 Å². The van der Waals surface area contributed by atoms with Gasteiger partial charge in [0.1, 0.15) is 18.1 Å². The number of ether oxygens (including phenoxy) is 1. The monoisotopic (exact) mass is 486 g/mol. The molecule has 0 saturated carbocycles. The van der Waals surface area contributed by atoms with Crippen molar-refractivity contribution in [2.45, 2.75) is 32.3 Å². The molecule has 1 saturated heterocycles. The maximum atomic E-state index is 14.5. The molecular weight excluding hydrogens is 468 g/mol. The molecule has 3 aromatic rings. The number of aromatic nitrogens is 5. The van der Waals surface area contributed by atoms with Crippen LogP contribution in [-0.4, -0.2) is 56.8 Å². The molecule has 4 rings (SSSR count). The van der Waals surface area contributed by atoms with Crippen LogP contribution in [0, 0.1) is 5.82 Å². The van der Waals surface area contributed by atoms with Crippen LogP contribution < -0.4 is 10.5 Å². The van der Waals surface area contributed by atoms with Crippen molar-refractivity contribution in [3.8, 4) is 11.3 Å². The van der Waals surface area contributed by atoms with Gasteiger partial charge in [0, 0.05) is 36.3 Å². The standard InChI is InChI=1S/C20H19ClF4N6O2/c1-2-30-17(19(27-28-30)15-4-3-12(21)5-16(15)22)10-31-18(32)6-13(7-26-31)29-8-14(9-29)33-11-20(23,24)25/h3-7,14H,2,8-11H2,1H3. The number of nitrogens with zero attached hydrogens (tertiary/aromatic N) is 6. The van der Waals surface area contributed by atoms with Crippen LogP contribution in [0.2, 0.25) is 5.02 Å². The van der Waals surface area contributed by atoms with Crippen molar-refractivity contribution < 1.29 is 22.3 Å². The molecule has 0 bridgehead atoms. The Kier molecular flexibility index (Phi) is 6.39. The number of hydrogen-bond donors (Lipinski definition) is 0. The summed E-state index contributed by atoms with van der Waals surface area (Å²) in [6.45, 7) is 1.43. The predicted molar refractivity (Wildman–Crippen MR) is 112 cm³/mol. The molecular formula is C20H19ClF4N6O2. The quantitative estimate of drug-likeness (QED) is 0.478. The van der Waals surface area contributed by atoms with Crippen LogP contribution in [0.4, 0.5) is 23.2 Å². The highest BCUT2D eigenvalue weighted by atomic mass is 35.5. The Morgan fingerprint density at radius 1 is 1.21 bits per heavy atom. The lowest BCUT2D eigenvalue weighted by molar-refractivity contribution is -0.187. The number of aryl methyl sites for hydroxylation is 1. The summed E-state index contributed by atoms with van der Waals surface area (Å²) in [6, 6.07) is 5.54. The van der Waals surface area contributed by atoms with E-state index in [1.165, 1.54) is 35.1 Å². The first-order valence-corrected chi connectivity index (χ1v) is 10.4. The highest BCUT2D eigenvalue weighted by Gasteiger charge is 2.34. The Morgan fingerprint density at radius 2 is 1.97 bits per heavy atom. The van der Waals surface area contributed by atoms with E-state index in [9.17, 15) is 22.4 Å². The minimum Gasteiger partial charge on any atom is -0.365 e. The summed E-state index contributed by atoms with van der Waals surface area (Å²) in [5.74, 6) is -0.567. The van der Waals surface area contributed by atoms with Crippen molar-refractivity contribution in [1.29, 1.82) is 0 Å². The van der Waals surface area contributed by atoms with Gasteiger partial charge >= 0.3 is 6.18 Å². The molecule has 33 heavy (non-hydrogen) atoms. The van der Waals surface area contributed by atoms with E-state index in [1.54, 1.807) is 9.58 Å². The third-order valence-electron chi connectivity index (χ3n) is 5.17. The number of anilines is 1. The second-order valence-corrected chi connectivity index (χ2v) is 7.92. The molecule has 0 unspecified atom stereocenters. The first-order chi connectivity index (χ1) is 15.6. The molecule has 0 atom stereocenters. The van der Waals surface area contributed by atoms with Crippen molar-refractivity contribution in [3.63, 3.8) is 0 Å². The van der Waals surface area contributed by atoms with Crippen molar-refractivity contribution >= 4 is 17.3 Å². The van der Waals surface area contributed by atoms with E-state index in [0.717, 1.165) is 0 Å². The summed E-state index contributed by atoms with van der Waals surface area (Å²) >= 11 is 5.83. The molecule has 0 N–H and O–H groups in total.